The molecule has 0 fully saturated rings. The van der Waals surface area contributed by atoms with Crippen LogP contribution in [0.4, 0.5) is 17.2 Å². The molecule has 0 N–H and O–H groups in total. The Labute approximate surface area is 257 Å². The second-order valence-corrected chi connectivity index (χ2v) is 12.5. The normalized spacial score (nSPS) is 12.5. The number of hydrogen-bond acceptors (Lipinski definition) is 4. The van der Waals surface area contributed by atoms with E-state index in [1.165, 1.54) is 52.8 Å². The maximum atomic E-state index is 5.45. The standard InChI is InChI=1S/C40H23N3S/c1-2-11-26-23-34-30(22-25(26)10-1)27-15-7-12-24-13-8-19-33(37(24)27)43(34)40-39(41-31-17-4-5-18-32(31)42-40)29-16-9-21-36-38(29)28-14-3-6-20-35(28)44-36/h1-23H. The molecule has 7 aromatic carbocycles. The number of benzene rings is 7. The molecule has 0 saturated heterocycles. The van der Waals surface area contributed by atoms with Gasteiger partial charge in [0.1, 0.15) is 5.69 Å². The Balaban J connectivity index is 1.38. The van der Waals surface area contributed by atoms with Crippen LogP contribution in [0.25, 0.3) is 75.1 Å². The smallest absolute Gasteiger partial charge is 0.165 e. The predicted molar refractivity (Wildman–Crippen MR) is 187 cm³/mol. The zero-order valence-corrected chi connectivity index (χ0v) is 24.3. The number of hydrogen-bond donors (Lipinski definition) is 0. The van der Waals surface area contributed by atoms with Crippen molar-refractivity contribution in [3.05, 3.63) is 140 Å². The first-order valence-electron chi connectivity index (χ1n) is 14.8. The lowest BCUT2D eigenvalue weighted by Gasteiger charge is -2.34. The lowest BCUT2D eigenvalue weighted by Crippen LogP contribution is -2.18. The topological polar surface area (TPSA) is 29.0 Å². The van der Waals surface area contributed by atoms with Crippen LogP contribution in [0.2, 0.25) is 0 Å². The van der Waals surface area contributed by atoms with Crippen LogP contribution in [0.15, 0.2) is 140 Å². The number of nitrogens with zero attached hydrogens (tertiary/aromatic N) is 3. The van der Waals surface area contributed by atoms with Crippen LogP contribution in [0.1, 0.15) is 0 Å². The molecule has 3 heterocycles. The highest BCUT2D eigenvalue weighted by atomic mass is 32.1. The molecule has 0 unspecified atom stereocenters. The summed E-state index contributed by atoms with van der Waals surface area (Å²) in [7, 11) is 0. The van der Waals surface area contributed by atoms with E-state index < -0.39 is 0 Å². The summed E-state index contributed by atoms with van der Waals surface area (Å²) in [6, 6.07) is 50.0. The molecule has 2 aromatic heterocycles. The SMILES string of the molecule is c1ccc2cc3c(cc2c1)-c1cccc2cccc(c12)N3c1nc2ccccc2nc1-c1cccc2sc3ccccc3c12. The van der Waals surface area contributed by atoms with Gasteiger partial charge in [-0.05, 0) is 64.2 Å². The summed E-state index contributed by atoms with van der Waals surface area (Å²) in [6.45, 7) is 0. The van der Waals surface area contributed by atoms with Gasteiger partial charge in [-0.15, -0.1) is 11.3 Å². The van der Waals surface area contributed by atoms with Gasteiger partial charge in [-0.1, -0.05) is 97.1 Å². The van der Waals surface area contributed by atoms with Gasteiger partial charge in [0.15, 0.2) is 5.82 Å². The molecule has 4 heteroatoms. The number of thiophene rings is 1. The van der Waals surface area contributed by atoms with Gasteiger partial charge < -0.3 is 0 Å². The Morgan fingerprint density at radius 1 is 0.455 bits per heavy atom. The highest BCUT2D eigenvalue weighted by Crippen LogP contribution is 2.53. The molecule has 3 nitrogen and oxygen atoms in total. The van der Waals surface area contributed by atoms with Crippen LogP contribution in [0, 0.1) is 0 Å². The summed E-state index contributed by atoms with van der Waals surface area (Å²) in [5.74, 6) is 0.838. The molecule has 0 atom stereocenters. The van der Waals surface area contributed by atoms with E-state index in [1.54, 1.807) is 0 Å². The van der Waals surface area contributed by atoms with Crippen molar-refractivity contribution in [2.75, 3.05) is 4.90 Å². The van der Waals surface area contributed by atoms with E-state index in [0.29, 0.717) is 0 Å². The number of para-hydroxylation sites is 2. The number of aromatic nitrogens is 2. The van der Waals surface area contributed by atoms with Crippen molar-refractivity contribution in [1.29, 1.82) is 0 Å². The molecule has 1 aliphatic rings. The molecule has 0 aliphatic carbocycles. The molecule has 1 aliphatic heterocycles. The third-order valence-electron chi connectivity index (χ3n) is 8.94. The maximum absolute atomic E-state index is 5.45. The molecule has 0 saturated carbocycles. The number of fused-ring (bicyclic) bond motifs is 7. The first-order chi connectivity index (χ1) is 21.8. The van der Waals surface area contributed by atoms with Crippen molar-refractivity contribution in [3.63, 3.8) is 0 Å². The molecule has 204 valence electrons. The molecular weight excluding hydrogens is 555 g/mol. The van der Waals surface area contributed by atoms with Crippen LogP contribution in [-0.2, 0) is 0 Å². The third kappa shape index (κ3) is 3.31. The van der Waals surface area contributed by atoms with E-state index in [4.69, 9.17) is 9.97 Å². The molecule has 0 spiro atoms. The zero-order chi connectivity index (χ0) is 28.8. The summed E-state index contributed by atoms with van der Waals surface area (Å²) in [6.07, 6.45) is 0. The predicted octanol–water partition coefficient (Wildman–Crippen LogP) is 11.4. The fraction of sp³-hybridized carbons (Fsp3) is 0. The Morgan fingerprint density at radius 3 is 2.00 bits per heavy atom. The Bertz CT molecular complexity index is 2630. The van der Waals surface area contributed by atoms with Gasteiger partial charge in [-0.2, -0.15) is 0 Å². The molecule has 0 radical (unpaired) electrons. The highest BCUT2D eigenvalue weighted by Gasteiger charge is 2.30. The summed E-state index contributed by atoms with van der Waals surface area (Å²) >= 11 is 1.83. The van der Waals surface area contributed by atoms with Gasteiger partial charge in [0.2, 0.25) is 0 Å². The summed E-state index contributed by atoms with van der Waals surface area (Å²) in [5, 5.41) is 7.35. The number of rotatable bonds is 2. The van der Waals surface area contributed by atoms with E-state index in [1.807, 2.05) is 23.5 Å². The van der Waals surface area contributed by atoms with Crippen LogP contribution in [-0.4, -0.2) is 9.97 Å². The minimum Gasteiger partial charge on any atom is -0.292 e. The van der Waals surface area contributed by atoms with Gasteiger partial charge in [-0.25, -0.2) is 9.97 Å². The molecule has 10 rings (SSSR count). The summed E-state index contributed by atoms with van der Waals surface area (Å²) in [4.78, 5) is 13.2. The van der Waals surface area contributed by atoms with Crippen molar-refractivity contribution in [1.82, 2.24) is 9.97 Å². The Kier molecular flexibility index (Phi) is 4.87. The zero-order valence-electron chi connectivity index (χ0n) is 23.5. The Hall–Kier alpha value is -5.58. The van der Waals surface area contributed by atoms with Gasteiger partial charge in [0.05, 0.1) is 22.4 Å². The quantitative estimate of drug-likeness (QED) is 0.205. The van der Waals surface area contributed by atoms with Crippen molar-refractivity contribution in [3.8, 4) is 22.4 Å². The second kappa shape index (κ2) is 8.96. The van der Waals surface area contributed by atoms with Gasteiger partial charge >= 0.3 is 0 Å². The summed E-state index contributed by atoms with van der Waals surface area (Å²) in [5.41, 5.74) is 8.43. The molecule has 9 aromatic rings. The lowest BCUT2D eigenvalue weighted by molar-refractivity contribution is 1.18. The minimum atomic E-state index is 0.838. The first kappa shape index (κ1) is 23.9. The summed E-state index contributed by atoms with van der Waals surface area (Å²) < 4.78 is 2.53. The van der Waals surface area contributed by atoms with Gasteiger partial charge in [0, 0.05) is 36.7 Å². The second-order valence-electron chi connectivity index (χ2n) is 11.4. The fourth-order valence-electron chi connectivity index (χ4n) is 7.02. The Morgan fingerprint density at radius 2 is 1.11 bits per heavy atom. The molecule has 0 amide bonds. The molecule has 0 bridgehead atoms. The van der Waals surface area contributed by atoms with Crippen LogP contribution < -0.4 is 4.90 Å². The van der Waals surface area contributed by atoms with Crippen LogP contribution in [0.3, 0.4) is 0 Å². The average Bonchev–Trinajstić information content (AvgIpc) is 3.46. The van der Waals surface area contributed by atoms with Crippen molar-refractivity contribution >= 4 is 81.3 Å². The van der Waals surface area contributed by atoms with Crippen LogP contribution in [0.5, 0.6) is 0 Å². The lowest BCUT2D eigenvalue weighted by atomic mass is 9.89. The molecular formula is C40H23N3S. The van der Waals surface area contributed by atoms with Crippen molar-refractivity contribution in [2.24, 2.45) is 0 Å². The minimum absolute atomic E-state index is 0.838. The third-order valence-corrected chi connectivity index (χ3v) is 10.1. The van der Waals surface area contributed by atoms with Crippen LogP contribution >= 0.6 is 11.3 Å². The van der Waals surface area contributed by atoms with E-state index in [0.717, 1.165) is 39.5 Å². The fourth-order valence-corrected chi connectivity index (χ4v) is 8.15. The van der Waals surface area contributed by atoms with Gasteiger partial charge in [-0.3, -0.25) is 4.90 Å². The number of anilines is 3. The molecule has 44 heavy (non-hydrogen) atoms. The van der Waals surface area contributed by atoms with Crippen molar-refractivity contribution < 1.29 is 0 Å². The largest absolute Gasteiger partial charge is 0.292 e. The maximum Gasteiger partial charge on any atom is 0.165 e. The van der Waals surface area contributed by atoms with E-state index >= 15 is 0 Å². The van der Waals surface area contributed by atoms with Crippen molar-refractivity contribution in [2.45, 2.75) is 0 Å². The van der Waals surface area contributed by atoms with Gasteiger partial charge in [0.25, 0.3) is 0 Å². The average molecular weight is 578 g/mol. The van der Waals surface area contributed by atoms with E-state index in [-0.39, 0.29) is 0 Å². The monoisotopic (exact) mass is 577 g/mol. The van der Waals surface area contributed by atoms with E-state index in [2.05, 4.69) is 132 Å². The highest BCUT2D eigenvalue weighted by molar-refractivity contribution is 7.25. The first-order valence-corrected chi connectivity index (χ1v) is 15.7. The van der Waals surface area contributed by atoms with E-state index in [9.17, 15) is 0 Å².